The number of halogens is 3. The highest BCUT2D eigenvalue weighted by Crippen LogP contribution is 2.19. The van der Waals surface area contributed by atoms with Crippen molar-refractivity contribution in [3.05, 3.63) is 28.2 Å². The fourth-order valence-electron chi connectivity index (χ4n) is 0.784. The highest BCUT2D eigenvalue weighted by molar-refractivity contribution is 9.10. The number of benzene rings is 1. The van der Waals surface area contributed by atoms with E-state index in [1.54, 1.807) is 0 Å². The predicted octanol–water partition coefficient (Wildman–Crippen LogP) is 1.48. The normalized spacial score (nSPS) is 10.3. The van der Waals surface area contributed by atoms with Crippen LogP contribution in [0.15, 0.2) is 16.6 Å². The minimum absolute atomic E-state index is 0.166. The Kier molecular flexibility index (Phi) is 3.13. The lowest BCUT2D eigenvalue weighted by atomic mass is 10.3. The SMILES string of the molecule is CO[NH2+]c1c(F)cc(Br)cc1F. The molecule has 0 radical (unpaired) electrons. The molecular weight excluding hydrogens is 232 g/mol. The van der Waals surface area contributed by atoms with Gasteiger partial charge in [-0.05, 0) is 12.1 Å². The van der Waals surface area contributed by atoms with Crippen molar-refractivity contribution in [2.45, 2.75) is 0 Å². The number of quaternary nitrogens is 1. The van der Waals surface area contributed by atoms with Gasteiger partial charge in [0.1, 0.15) is 0 Å². The lowest BCUT2D eigenvalue weighted by Gasteiger charge is -2.00. The second kappa shape index (κ2) is 3.93. The van der Waals surface area contributed by atoms with Crippen molar-refractivity contribution >= 4 is 21.6 Å². The van der Waals surface area contributed by atoms with Crippen LogP contribution in [0.4, 0.5) is 14.5 Å². The summed E-state index contributed by atoms with van der Waals surface area (Å²) >= 11 is 2.96. The zero-order valence-electron chi connectivity index (χ0n) is 6.27. The van der Waals surface area contributed by atoms with Crippen LogP contribution < -0.4 is 5.48 Å². The van der Waals surface area contributed by atoms with Crippen molar-refractivity contribution in [2.75, 3.05) is 7.11 Å². The Morgan fingerprint density at radius 1 is 1.33 bits per heavy atom. The van der Waals surface area contributed by atoms with Crippen LogP contribution in [-0.2, 0) is 4.84 Å². The molecule has 1 rings (SSSR count). The van der Waals surface area contributed by atoms with Crippen molar-refractivity contribution < 1.29 is 19.1 Å². The average molecular weight is 239 g/mol. The largest absolute Gasteiger partial charge is 0.234 e. The molecule has 0 aliphatic heterocycles. The van der Waals surface area contributed by atoms with Crippen molar-refractivity contribution in [3.63, 3.8) is 0 Å². The molecule has 1 aromatic rings. The summed E-state index contributed by atoms with van der Waals surface area (Å²) in [5.41, 5.74) is 0.859. The van der Waals surface area contributed by atoms with E-state index in [0.717, 1.165) is 5.48 Å². The third-order valence-corrected chi connectivity index (χ3v) is 1.74. The predicted molar refractivity (Wildman–Crippen MR) is 42.7 cm³/mol. The first-order valence-corrected chi connectivity index (χ1v) is 3.95. The molecule has 0 aliphatic rings. The summed E-state index contributed by atoms with van der Waals surface area (Å²) < 4.78 is 26.2. The molecule has 0 saturated carbocycles. The molecule has 2 N–H and O–H groups in total. The Hall–Kier alpha value is -0.520. The molecule has 66 valence electrons. The van der Waals surface area contributed by atoms with E-state index in [4.69, 9.17) is 0 Å². The number of hydrogen-bond acceptors (Lipinski definition) is 1. The molecule has 0 fully saturated rings. The van der Waals surface area contributed by atoms with Gasteiger partial charge in [-0.15, -0.1) is 0 Å². The lowest BCUT2D eigenvalue weighted by molar-refractivity contribution is -0.832. The van der Waals surface area contributed by atoms with Gasteiger partial charge in [0.2, 0.25) is 5.69 Å². The summed E-state index contributed by atoms with van der Waals surface area (Å²) in [5.74, 6) is -1.30. The molecule has 0 amide bonds. The van der Waals surface area contributed by atoms with Gasteiger partial charge in [-0.1, -0.05) is 15.9 Å². The maximum Gasteiger partial charge on any atom is 0.234 e. The summed E-state index contributed by atoms with van der Waals surface area (Å²) in [6.07, 6.45) is 0. The molecule has 0 aromatic heterocycles. The molecule has 1 aromatic carbocycles. The summed E-state index contributed by atoms with van der Waals surface area (Å²) in [7, 11) is 1.33. The van der Waals surface area contributed by atoms with Crippen molar-refractivity contribution in [3.8, 4) is 0 Å². The molecule has 0 unspecified atom stereocenters. The van der Waals surface area contributed by atoms with Crippen LogP contribution in [0.3, 0.4) is 0 Å². The molecule has 12 heavy (non-hydrogen) atoms. The molecule has 2 nitrogen and oxygen atoms in total. The Morgan fingerprint density at radius 2 is 1.83 bits per heavy atom. The Balaban J connectivity index is 3.10. The summed E-state index contributed by atoms with van der Waals surface area (Å²) in [6, 6.07) is 2.35. The first kappa shape index (κ1) is 9.57. The molecule has 5 heteroatoms. The molecule has 0 aliphatic carbocycles. The van der Waals surface area contributed by atoms with Gasteiger partial charge >= 0.3 is 0 Å². The van der Waals surface area contributed by atoms with Gasteiger partial charge in [0, 0.05) is 4.47 Å². The van der Waals surface area contributed by atoms with Gasteiger partial charge < -0.3 is 0 Å². The third kappa shape index (κ3) is 2.00. The fourth-order valence-corrected chi connectivity index (χ4v) is 1.19. The van der Waals surface area contributed by atoms with Crippen molar-refractivity contribution in [1.29, 1.82) is 0 Å². The maximum atomic E-state index is 12.9. The summed E-state index contributed by atoms with van der Waals surface area (Å²) in [4.78, 5) is 4.51. The van der Waals surface area contributed by atoms with E-state index in [2.05, 4.69) is 20.8 Å². The number of nitrogens with two attached hydrogens (primary N) is 1. The van der Waals surface area contributed by atoms with Gasteiger partial charge in [0.05, 0.1) is 7.11 Å². The minimum Gasteiger partial charge on any atom is -0.204 e. The van der Waals surface area contributed by atoms with Crippen LogP contribution in [0.2, 0.25) is 0 Å². The monoisotopic (exact) mass is 238 g/mol. The quantitative estimate of drug-likeness (QED) is 0.614. The first-order valence-electron chi connectivity index (χ1n) is 3.15. The number of hydrogen-bond donors (Lipinski definition) is 1. The molecule has 0 bridgehead atoms. The first-order chi connectivity index (χ1) is 5.65. The Bertz CT molecular complexity index is 270. The van der Waals surface area contributed by atoms with Gasteiger partial charge in [0.25, 0.3) is 0 Å². The van der Waals surface area contributed by atoms with E-state index in [-0.39, 0.29) is 5.69 Å². The van der Waals surface area contributed by atoms with E-state index in [0.29, 0.717) is 4.47 Å². The van der Waals surface area contributed by atoms with Crippen LogP contribution in [0.25, 0.3) is 0 Å². The van der Waals surface area contributed by atoms with E-state index in [1.165, 1.54) is 19.2 Å². The van der Waals surface area contributed by atoms with Gasteiger partial charge in [-0.3, -0.25) is 0 Å². The topological polar surface area (TPSA) is 25.8 Å². The van der Waals surface area contributed by atoms with Crippen LogP contribution in [-0.4, -0.2) is 7.11 Å². The summed E-state index contributed by atoms with van der Waals surface area (Å²) in [6.45, 7) is 0. The van der Waals surface area contributed by atoms with Crippen LogP contribution >= 0.6 is 15.9 Å². The summed E-state index contributed by atoms with van der Waals surface area (Å²) in [5, 5.41) is 0. The van der Waals surface area contributed by atoms with Gasteiger partial charge in [0.15, 0.2) is 11.6 Å². The standard InChI is InChI=1S/C7H6BrF2NO/c1-12-11-7-5(9)2-4(8)3-6(7)10/h2-3,11H,1H3/p+1. The van der Waals surface area contributed by atoms with Crippen LogP contribution in [0.5, 0.6) is 0 Å². The molecule has 0 heterocycles. The molecule has 0 saturated heterocycles. The minimum atomic E-state index is -0.649. The zero-order chi connectivity index (χ0) is 9.14. The second-order valence-corrected chi connectivity index (χ2v) is 3.05. The average Bonchev–Trinajstić information content (AvgIpc) is 1.96. The zero-order valence-corrected chi connectivity index (χ0v) is 7.86. The second-order valence-electron chi connectivity index (χ2n) is 2.14. The van der Waals surface area contributed by atoms with Gasteiger partial charge in [-0.2, -0.15) is 5.48 Å². The van der Waals surface area contributed by atoms with Crippen molar-refractivity contribution in [1.82, 2.24) is 0 Å². The van der Waals surface area contributed by atoms with Crippen LogP contribution in [0.1, 0.15) is 0 Å². The highest BCUT2D eigenvalue weighted by Gasteiger charge is 2.14. The van der Waals surface area contributed by atoms with Crippen molar-refractivity contribution in [2.24, 2.45) is 0 Å². The Morgan fingerprint density at radius 3 is 2.25 bits per heavy atom. The van der Waals surface area contributed by atoms with E-state index in [1.807, 2.05) is 0 Å². The van der Waals surface area contributed by atoms with Crippen LogP contribution in [0, 0.1) is 11.6 Å². The van der Waals surface area contributed by atoms with E-state index >= 15 is 0 Å². The third-order valence-electron chi connectivity index (χ3n) is 1.28. The molecule has 0 atom stereocenters. The lowest BCUT2D eigenvalue weighted by Crippen LogP contribution is -2.77. The van der Waals surface area contributed by atoms with E-state index in [9.17, 15) is 8.78 Å². The maximum absolute atomic E-state index is 12.9. The number of rotatable bonds is 2. The Labute approximate surface area is 76.6 Å². The molecular formula is C7H7BrF2NO+. The van der Waals surface area contributed by atoms with E-state index < -0.39 is 11.6 Å². The smallest absolute Gasteiger partial charge is 0.204 e. The fraction of sp³-hybridized carbons (Fsp3) is 0.143. The highest BCUT2D eigenvalue weighted by atomic mass is 79.9. The molecule has 0 spiro atoms. The van der Waals surface area contributed by atoms with Gasteiger partial charge in [-0.25, -0.2) is 13.6 Å².